The Morgan fingerprint density at radius 3 is 2.96 bits per heavy atom. The Morgan fingerprint density at radius 1 is 1.54 bits per heavy atom. The molecule has 3 rings (SSSR count). The van der Waals surface area contributed by atoms with Gasteiger partial charge in [0.15, 0.2) is 0 Å². The number of benzene rings is 1. The van der Waals surface area contributed by atoms with Gasteiger partial charge in [-0.25, -0.2) is 0 Å². The number of carbonyl (C=O) groups excluding carboxylic acids is 2. The number of nitrogens with one attached hydrogen (secondary N) is 1. The average molecular weight is 390 g/mol. The van der Waals surface area contributed by atoms with Gasteiger partial charge in [0.1, 0.15) is 0 Å². The van der Waals surface area contributed by atoms with Crippen molar-refractivity contribution in [3.8, 4) is 0 Å². The minimum atomic E-state index is -0.402. The predicted octanol–water partition coefficient (Wildman–Crippen LogP) is 2.76. The number of likely N-dealkylation sites (tertiary alicyclic amines) is 1. The number of nitrogens with zero attached hydrogens (tertiary/aromatic N) is 1. The minimum absolute atomic E-state index is 0. The van der Waals surface area contributed by atoms with Gasteiger partial charge in [-0.2, -0.15) is 0 Å². The van der Waals surface area contributed by atoms with Crippen LogP contribution in [0.4, 0.5) is 5.69 Å². The fourth-order valence-electron chi connectivity index (χ4n) is 2.95. The molecule has 0 radical (unpaired) electrons. The lowest BCUT2D eigenvalue weighted by Crippen LogP contribution is -2.38. The highest BCUT2D eigenvalue weighted by atomic mass is 35.5. The highest BCUT2D eigenvalue weighted by Gasteiger charge is 2.37. The topological polar surface area (TPSA) is 75.4 Å². The number of nitrogens with two attached hydrogens (primary N) is 1. The maximum atomic E-state index is 12.5. The summed E-state index contributed by atoms with van der Waals surface area (Å²) < 4.78 is 0. The molecule has 0 bridgehead atoms. The van der Waals surface area contributed by atoms with E-state index in [1.54, 1.807) is 12.1 Å². The van der Waals surface area contributed by atoms with Crippen LogP contribution in [0.3, 0.4) is 0 Å². The van der Waals surface area contributed by atoms with Gasteiger partial charge in [-0.05, 0) is 36.6 Å². The molecule has 1 aromatic carbocycles. The summed E-state index contributed by atoms with van der Waals surface area (Å²) in [7, 11) is 0. The zero-order valence-corrected chi connectivity index (χ0v) is 15.8. The zero-order valence-electron chi connectivity index (χ0n) is 13.4. The lowest BCUT2D eigenvalue weighted by atomic mass is 9.90. The molecule has 2 aliphatic rings. The summed E-state index contributed by atoms with van der Waals surface area (Å²) in [5.41, 5.74) is 6.50. The van der Waals surface area contributed by atoms with Crippen molar-refractivity contribution in [2.75, 3.05) is 25.0 Å². The number of hydrogen-bond acceptors (Lipinski definition) is 4. The van der Waals surface area contributed by atoms with E-state index in [-0.39, 0.29) is 36.1 Å². The maximum Gasteiger partial charge on any atom is 0.238 e. The third-order valence-electron chi connectivity index (χ3n) is 4.52. The summed E-state index contributed by atoms with van der Waals surface area (Å²) in [6.07, 6.45) is 1.12. The normalized spacial score (nSPS) is 25.7. The van der Waals surface area contributed by atoms with Gasteiger partial charge in [-0.15, -0.1) is 24.2 Å². The van der Waals surface area contributed by atoms with Crippen molar-refractivity contribution in [1.82, 2.24) is 4.90 Å². The SMILES string of the molecule is CC1(CN)CCN(C(=O)CC2Sc3ccc(Cl)cc3NC2=O)C1.Cl. The summed E-state index contributed by atoms with van der Waals surface area (Å²) in [6, 6.07) is 5.39. The van der Waals surface area contributed by atoms with E-state index >= 15 is 0 Å². The largest absolute Gasteiger partial charge is 0.342 e. The number of hydrogen-bond donors (Lipinski definition) is 2. The van der Waals surface area contributed by atoms with E-state index in [0.29, 0.717) is 23.8 Å². The van der Waals surface area contributed by atoms with Crippen molar-refractivity contribution >= 4 is 53.3 Å². The molecule has 0 aliphatic carbocycles. The number of anilines is 1. The van der Waals surface area contributed by atoms with E-state index in [0.717, 1.165) is 17.9 Å². The van der Waals surface area contributed by atoms with Gasteiger partial charge < -0.3 is 16.0 Å². The van der Waals surface area contributed by atoms with Gasteiger partial charge in [0.2, 0.25) is 11.8 Å². The minimum Gasteiger partial charge on any atom is -0.342 e. The summed E-state index contributed by atoms with van der Waals surface area (Å²) in [5.74, 6) is -0.119. The van der Waals surface area contributed by atoms with Gasteiger partial charge in [0, 0.05) is 29.4 Å². The van der Waals surface area contributed by atoms with Crippen LogP contribution in [0.15, 0.2) is 23.1 Å². The van der Waals surface area contributed by atoms with Crippen molar-refractivity contribution in [2.45, 2.75) is 29.9 Å². The first-order valence-electron chi connectivity index (χ1n) is 7.65. The second-order valence-corrected chi connectivity index (χ2v) is 8.20. The Morgan fingerprint density at radius 2 is 2.29 bits per heavy atom. The van der Waals surface area contributed by atoms with E-state index < -0.39 is 5.25 Å². The Hall–Kier alpha value is -0.950. The third kappa shape index (κ3) is 3.99. The molecule has 5 nitrogen and oxygen atoms in total. The average Bonchev–Trinajstić information content (AvgIpc) is 2.91. The molecule has 2 heterocycles. The maximum absolute atomic E-state index is 12.5. The molecule has 2 unspecified atom stereocenters. The van der Waals surface area contributed by atoms with E-state index in [9.17, 15) is 9.59 Å². The first kappa shape index (κ1) is 19.4. The monoisotopic (exact) mass is 389 g/mol. The van der Waals surface area contributed by atoms with Gasteiger partial charge in [0.25, 0.3) is 0 Å². The summed E-state index contributed by atoms with van der Waals surface area (Å²) in [4.78, 5) is 27.5. The Kier molecular flexibility index (Phi) is 6.07. The van der Waals surface area contributed by atoms with Crippen molar-refractivity contribution < 1.29 is 9.59 Å². The molecule has 2 atom stereocenters. The van der Waals surface area contributed by atoms with Crippen LogP contribution in [0, 0.1) is 5.41 Å². The number of carbonyl (C=O) groups is 2. The lowest BCUT2D eigenvalue weighted by molar-refractivity contribution is -0.132. The van der Waals surface area contributed by atoms with Gasteiger partial charge in [0.05, 0.1) is 10.9 Å². The van der Waals surface area contributed by atoms with Crippen LogP contribution in [-0.4, -0.2) is 41.6 Å². The van der Waals surface area contributed by atoms with Crippen molar-refractivity contribution in [3.05, 3.63) is 23.2 Å². The van der Waals surface area contributed by atoms with E-state index in [1.165, 1.54) is 11.8 Å². The molecular weight excluding hydrogens is 369 g/mol. The molecule has 132 valence electrons. The highest BCUT2D eigenvalue weighted by molar-refractivity contribution is 8.01. The van der Waals surface area contributed by atoms with Crippen LogP contribution in [-0.2, 0) is 9.59 Å². The molecule has 0 saturated carbocycles. The number of amides is 2. The number of halogens is 2. The second-order valence-electron chi connectivity index (χ2n) is 6.52. The highest BCUT2D eigenvalue weighted by Crippen LogP contribution is 2.39. The smallest absolute Gasteiger partial charge is 0.238 e. The van der Waals surface area contributed by atoms with Crippen molar-refractivity contribution in [2.24, 2.45) is 11.1 Å². The van der Waals surface area contributed by atoms with Gasteiger partial charge >= 0.3 is 0 Å². The molecular formula is C16H21Cl2N3O2S. The van der Waals surface area contributed by atoms with Crippen molar-refractivity contribution in [1.29, 1.82) is 0 Å². The van der Waals surface area contributed by atoms with Crippen LogP contribution in [0.2, 0.25) is 5.02 Å². The van der Waals surface area contributed by atoms with E-state index in [1.807, 2.05) is 11.0 Å². The fraction of sp³-hybridized carbons (Fsp3) is 0.500. The summed E-state index contributed by atoms with van der Waals surface area (Å²) >= 11 is 7.36. The quantitative estimate of drug-likeness (QED) is 0.832. The molecule has 8 heteroatoms. The van der Waals surface area contributed by atoms with Gasteiger partial charge in [-0.3, -0.25) is 9.59 Å². The molecule has 0 aromatic heterocycles. The number of rotatable bonds is 3. The molecule has 24 heavy (non-hydrogen) atoms. The van der Waals surface area contributed by atoms with Crippen molar-refractivity contribution in [3.63, 3.8) is 0 Å². The summed E-state index contributed by atoms with van der Waals surface area (Å²) in [5, 5.41) is 3.02. The van der Waals surface area contributed by atoms with Crippen LogP contribution in [0.5, 0.6) is 0 Å². The Bertz CT molecular complexity index is 658. The van der Waals surface area contributed by atoms with Crippen LogP contribution >= 0.6 is 35.8 Å². The third-order valence-corrected chi connectivity index (χ3v) is 6.03. The first-order chi connectivity index (χ1) is 10.9. The van der Waals surface area contributed by atoms with E-state index in [2.05, 4.69) is 12.2 Å². The Labute approximate surface area is 157 Å². The van der Waals surface area contributed by atoms with Crippen LogP contribution in [0.25, 0.3) is 0 Å². The molecule has 0 spiro atoms. The fourth-order valence-corrected chi connectivity index (χ4v) is 4.20. The molecule has 3 N–H and O–H groups in total. The lowest BCUT2D eigenvalue weighted by Gasteiger charge is -2.26. The molecule has 1 fully saturated rings. The standard InChI is InChI=1S/C16H20ClN3O2S.ClH/c1-16(8-18)4-5-20(9-16)14(21)7-13-15(22)19-11-6-10(17)2-3-12(11)23-13;/h2-3,6,13H,4-5,7-9,18H2,1H3,(H,19,22);1H. The van der Waals surface area contributed by atoms with Gasteiger partial charge in [-0.1, -0.05) is 18.5 Å². The summed E-state index contributed by atoms with van der Waals surface area (Å²) in [6.45, 7) is 4.07. The Balaban J connectivity index is 0.00000208. The molecule has 1 saturated heterocycles. The second kappa shape index (κ2) is 7.52. The van der Waals surface area contributed by atoms with E-state index in [4.69, 9.17) is 17.3 Å². The van der Waals surface area contributed by atoms with Crippen LogP contribution < -0.4 is 11.1 Å². The zero-order chi connectivity index (χ0) is 16.6. The first-order valence-corrected chi connectivity index (χ1v) is 8.91. The molecule has 2 amide bonds. The number of fused-ring (bicyclic) bond motifs is 1. The molecule has 2 aliphatic heterocycles. The number of thioether (sulfide) groups is 1. The van der Waals surface area contributed by atoms with Crippen LogP contribution in [0.1, 0.15) is 19.8 Å². The molecule has 1 aromatic rings. The predicted molar refractivity (Wildman–Crippen MR) is 100.0 cm³/mol.